The van der Waals surface area contributed by atoms with Crippen LogP contribution < -0.4 is 0 Å². The second-order valence-electron chi connectivity index (χ2n) is 5.13. The summed E-state index contributed by atoms with van der Waals surface area (Å²) in [6, 6.07) is 7.27. The van der Waals surface area contributed by atoms with Crippen molar-refractivity contribution in [3.8, 4) is 0 Å². The van der Waals surface area contributed by atoms with Crippen molar-refractivity contribution in [3.63, 3.8) is 0 Å². The Morgan fingerprint density at radius 1 is 0.833 bits per heavy atom. The summed E-state index contributed by atoms with van der Waals surface area (Å²) in [5.41, 5.74) is 1.08. The highest BCUT2D eigenvalue weighted by molar-refractivity contribution is 7.89. The molecule has 2 rings (SSSR count). The molecule has 0 N–H and O–H groups in total. The van der Waals surface area contributed by atoms with Gasteiger partial charge in [-0.1, -0.05) is 78.5 Å². The zero-order valence-electron chi connectivity index (χ0n) is 17.1. The van der Waals surface area contributed by atoms with E-state index in [1.165, 1.54) is 6.42 Å². The van der Waals surface area contributed by atoms with Gasteiger partial charge in [-0.15, -0.1) is 0 Å². The Morgan fingerprint density at radius 3 is 1.67 bits per heavy atom. The molecule has 1 aromatic carbocycles. The van der Waals surface area contributed by atoms with E-state index in [1.807, 2.05) is 60.6 Å². The summed E-state index contributed by atoms with van der Waals surface area (Å²) in [5, 5.41) is 0. The number of rotatable bonds is 3. The predicted octanol–water partition coefficient (Wildman–Crippen LogP) is 6.03. The highest BCUT2D eigenvalue weighted by atomic mass is 32.2. The minimum absolute atomic E-state index is 0.171. The van der Waals surface area contributed by atoms with Gasteiger partial charge >= 0.3 is 0 Å². The van der Waals surface area contributed by atoms with Crippen molar-refractivity contribution in [1.29, 1.82) is 0 Å². The van der Waals surface area contributed by atoms with Crippen molar-refractivity contribution in [2.24, 2.45) is 0 Å². The van der Waals surface area contributed by atoms with E-state index in [2.05, 4.69) is 0 Å². The third kappa shape index (κ3) is 7.80. The van der Waals surface area contributed by atoms with Gasteiger partial charge in [-0.2, -0.15) is 4.31 Å². The van der Waals surface area contributed by atoms with Gasteiger partial charge in [0.15, 0.2) is 0 Å². The quantitative estimate of drug-likeness (QED) is 0.662. The summed E-state index contributed by atoms with van der Waals surface area (Å²) >= 11 is 0. The van der Waals surface area contributed by atoms with Crippen LogP contribution in [0.4, 0.5) is 0 Å². The standard InChI is InChI=1S/C14H21NO2S.3C2H6/c1-12-8-10-14(11-9-12)18(16,17)15(2)13-6-4-3-5-7-13;3*1-2/h8-11,13H,3-7H2,1-2H3;3*1-2H3. The van der Waals surface area contributed by atoms with Crippen molar-refractivity contribution in [2.75, 3.05) is 7.05 Å². The van der Waals surface area contributed by atoms with E-state index in [9.17, 15) is 8.42 Å². The summed E-state index contributed by atoms with van der Waals surface area (Å²) in [4.78, 5) is 0.404. The Bertz CT molecular complexity index is 489. The third-order valence-corrected chi connectivity index (χ3v) is 5.71. The van der Waals surface area contributed by atoms with E-state index in [0.717, 1.165) is 31.2 Å². The lowest BCUT2D eigenvalue weighted by Crippen LogP contribution is -2.38. The monoisotopic (exact) mass is 357 g/mol. The van der Waals surface area contributed by atoms with Gasteiger partial charge in [0.05, 0.1) is 4.90 Å². The number of hydrogen-bond donors (Lipinski definition) is 0. The Labute approximate surface area is 151 Å². The van der Waals surface area contributed by atoms with Gasteiger partial charge in [-0.3, -0.25) is 0 Å². The Hall–Kier alpha value is -0.870. The van der Waals surface area contributed by atoms with Crippen LogP contribution in [0.2, 0.25) is 0 Å². The topological polar surface area (TPSA) is 37.4 Å². The molecule has 0 amide bonds. The minimum atomic E-state index is -3.32. The molecule has 1 saturated carbocycles. The second-order valence-corrected chi connectivity index (χ2v) is 7.12. The maximum absolute atomic E-state index is 12.5. The molecule has 0 aliphatic heterocycles. The molecule has 0 aromatic heterocycles. The SMILES string of the molecule is CC.CC.CC.Cc1ccc(S(=O)(=O)N(C)C2CCCCC2)cc1. The first-order valence-corrected chi connectivity index (χ1v) is 11.0. The maximum Gasteiger partial charge on any atom is 0.243 e. The lowest BCUT2D eigenvalue weighted by atomic mass is 9.96. The molecular weight excluding hydrogens is 318 g/mol. The van der Waals surface area contributed by atoms with E-state index in [4.69, 9.17) is 0 Å². The molecule has 0 spiro atoms. The Balaban J connectivity index is 0. The molecule has 0 unspecified atom stereocenters. The fourth-order valence-corrected chi connectivity index (χ4v) is 3.93. The molecule has 0 heterocycles. The fourth-order valence-electron chi connectivity index (χ4n) is 2.52. The van der Waals surface area contributed by atoms with Crippen LogP contribution in [0.15, 0.2) is 29.2 Å². The lowest BCUT2D eigenvalue weighted by Gasteiger charge is -2.30. The van der Waals surface area contributed by atoms with Crippen LogP contribution in [0.25, 0.3) is 0 Å². The molecule has 3 nitrogen and oxygen atoms in total. The van der Waals surface area contributed by atoms with Crippen LogP contribution >= 0.6 is 0 Å². The average Bonchev–Trinajstić information content (AvgIpc) is 2.67. The predicted molar refractivity (Wildman–Crippen MR) is 107 cm³/mol. The first-order chi connectivity index (χ1) is 11.5. The van der Waals surface area contributed by atoms with Gasteiger partial charge in [0.25, 0.3) is 0 Å². The normalized spacial score (nSPS) is 14.4. The second kappa shape index (κ2) is 14.5. The zero-order chi connectivity index (χ0) is 19.2. The van der Waals surface area contributed by atoms with E-state index in [-0.39, 0.29) is 6.04 Å². The van der Waals surface area contributed by atoms with E-state index < -0.39 is 10.0 Å². The first-order valence-electron chi connectivity index (χ1n) is 9.56. The van der Waals surface area contributed by atoms with Crippen LogP contribution in [0.3, 0.4) is 0 Å². The van der Waals surface area contributed by atoms with Crippen molar-refractivity contribution in [1.82, 2.24) is 4.31 Å². The van der Waals surface area contributed by atoms with Gasteiger partial charge in [-0.25, -0.2) is 8.42 Å². The van der Waals surface area contributed by atoms with Gasteiger partial charge in [0.1, 0.15) is 0 Å². The number of benzene rings is 1. The Kier molecular flexibility index (Phi) is 15.3. The van der Waals surface area contributed by atoms with Crippen LogP contribution in [0, 0.1) is 6.92 Å². The molecule has 0 saturated heterocycles. The number of hydrogen-bond acceptors (Lipinski definition) is 2. The Morgan fingerprint density at radius 2 is 1.25 bits per heavy atom. The van der Waals surface area contributed by atoms with Crippen molar-refractivity contribution in [3.05, 3.63) is 29.8 Å². The number of sulfonamides is 1. The molecular formula is C20H39NO2S. The average molecular weight is 358 g/mol. The third-order valence-electron chi connectivity index (χ3n) is 3.79. The van der Waals surface area contributed by atoms with Crippen LogP contribution in [0.1, 0.15) is 79.2 Å². The number of aryl methyl sites for hydroxylation is 1. The van der Waals surface area contributed by atoms with Crippen LogP contribution in [0.5, 0.6) is 0 Å². The molecule has 1 aromatic rings. The summed E-state index contributed by atoms with van der Waals surface area (Å²) in [6.45, 7) is 14.0. The van der Waals surface area contributed by atoms with Gasteiger partial charge in [0.2, 0.25) is 10.0 Å². The van der Waals surface area contributed by atoms with Gasteiger partial charge in [-0.05, 0) is 31.9 Å². The highest BCUT2D eigenvalue weighted by Gasteiger charge is 2.28. The summed E-state index contributed by atoms with van der Waals surface area (Å²) in [6.07, 6.45) is 5.48. The molecule has 0 radical (unpaired) electrons. The fraction of sp³-hybridized carbons (Fsp3) is 0.700. The van der Waals surface area contributed by atoms with Crippen molar-refractivity contribution in [2.45, 2.75) is 91.5 Å². The largest absolute Gasteiger partial charge is 0.243 e. The minimum Gasteiger partial charge on any atom is -0.207 e. The molecule has 1 fully saturated rings. The lowest BCUT2D eigenvalue weighted by molar-refractivity contribution is 0.286. The van der Waals surface area contributed by atoms with E-state index in [1.54, 1.807) is 23.5 Å². The zero-order valence-corrected chi connectivity index (χ0v) is 17.9. The van der Waals surface area contributed by atoms with Gasteiger partial charge < -0.3 is 0 Å². The molecule has 1 aliphatic rings. The number of nitrogens with zero attached hydrogens (tertiary/aromatic N) is 1. The molecule has 4 heteroatoms. The summed E-state index contributed by atoms with van der Waals surface area (Å²) in [7, 11) is -1.61. The molecule has 24 heavy (non-hydrogen) atoms. The van der Waals surface area contributed by atoms with Crippen molar-refractivity contribution < 1.29 is 8.42 Å². The summed E-state index contributed by atoms with van der Waals surface area (Å²) in [5.74, 6) is 0. The summed E-state index contributed by atoms with van der Waals surface area (Å²) < 4.78 is 26.5. The van der Waals surface area contributed by atoms with Crippen LogP contribution in [-0.4, -0.2) is 25.8 Å². The first kappa shape index (κ1) is 25.4. The molecule has 0 atom stereocenters. The van der Waals surface area contributed by atoms with E-state index >= 15 is 0 Å². The molecule has 0 bridgehead atoms. The molecule has 142 valence electrons. The van der Waals surface area contributed by atoms with Gasteiger partial charge in [0, 0.05) is 13.1 Å². The van der Waals surface area contributed by atoms with Crippen LogP contribution in [-0.2, 0) is 10.0 Å². The van der Waals surface area contributed by atoms with Crippen molar-refractivity contribution >= 4 is 10.0 Å². The highest BCUT2D eigenvalue weighted by Crippen LogP contribution is 2.26. The molecule has 1 aliphatic carbocycles. The van der Waals surface area contributed by atoms with E-state index in [0.29, 0.717) is 4.90 Å². The maximum atomic E-state index is 12.5. The smallest absolute Gasteiger partial charge is 0.207 e.